The molecule has 0 amide bonds. The SMILES string of the molecule is Cc1oc2c(OCC(=O)[O-])cccc2c1CCS(=O)(=O)CCc1ccccc1. The second kappa shape index (κ2) is 8.48. The molecule has 0 unspecified atom stereocenters. The largest absolute Gasteiger partial charge is 0.546 e. The summed E-state index contributed by atoms with van der Waals surface area (Å²) in [5, 5.41) is 11.4. The predicted molar refractivity (Wildman–Crippen MR) is 104 cm³/mol. The van der Waals surface area contributed by atoms with E-state index in [0.29, 0.717) is 29.9 Å². The molecule has 0 atom stereocenters. The van der Waals surface area contributed by atoms with E-state index in [4.69, 9.17) is 9.15 Å². The fourth-order valence-electron chi connectivity index (χ4n) is 3.10. The number of aliphatic carboxylic acids is 1. The molecular weight excluding hydrogens is 380 g/mol. The number of carbonyl (C=O) groups excluding carboxylic acids is 1. The van der Waals surface area contributed by atoms with Gasteiger partial charge >= 0.3 is 0 Å². The summed E-state index contributed by atoms with van der Waals surface area (Å²) in [5.41, 5.74) is 2.20. The zero-order valence-corrected chi connectivity index (χ0v) is 16.3. The first-order valence-corrected chi connectivity index (χ1v) is 10.8. The lowest BCUT2D eigenvalue weighted by atomic mass is 10.1. The monoisotopic (exact) mass is 401 g/mol. The van der Waals surface area contributed by atoms with Gasteiger partial charge < -0.3 is 19.1 Å². The Balaban J connectivity index is 1.72. The van der Waals surface area contributed by atoms with Crippen LogP contribution >= 0.6 is 0 Å². The van der Waals surface area contributed by atoms with Crippen LogP contribution in [0.2, 0.25) is 0 Å². The first-order valence-electron chi connectivity index (χ1n) is 8.94. The number of aryl methyl sites for hydroxylation is 3. The number of carboxylic acids is 1. The van der Waals surface area contributed by atoms with Crippen molar-refractivity contribution in [1.29, 1.82) is 0 Å². The maximum Gasteiger partial charge on any atom is 0.176 e. The van der Waals surface area contributed by atoms with Gasteiger partial charge in [0.15, 0.2) is 21.2 Å². The lowest BCUT2D eigenvalue weighted by Crippen LogP contribution is -2.28. The summed E-state index contributed by atoms with van der Waals surface area (Å²) in [6.45, 7) is 1.18. The number of hydrogen-bond donors (Lipinski definition) is 0. The Bertz CT molecular complexity index is 1070. The highest BCUT2D eigenvalue weighted by Gasteiger charge is 2.18. The number of ether oxygens (including phenoxy) is 1. The van der Waals surface area contributed by atoms with E-state index in [2.05, 4.69) is 0 Å². The lowest BCUT2D eigenvalue weighted by molar-refractivity contribution is -0.307. The normalized spacial score (nSPS) is 11.6. The summed E-state index contributed by atoms with van der Waals surface area (Å²) in [6.07, 6.45) is 0.801. The molecule has 0 N–H and O–H groups in total. The molecule has 1 heterocycles. The molecule has 2 aromatic carbocycles. The van der Waals surface area contributed by atoms with Crippen LogP contribution in [0.4, 0.5) is 0 Å². The standard InChI is InChI=1S/C21H22O6S/c1-15-17(11-13-28(24,25)12-10-16-6-3-2-4-7-16)18-8-5-9-19(21(18)27-15)26-14-20(22)23/h2-9H,10-14H2,1H3,(H,22,23)/p-1. The van der Waals surface area contributed by atoms with Gasteiger partial charge in [-0.1, -0.05) is 42.5 Å². The van der Waals surface area contributed by atoms with Gasteiger partial charge in [0.2, 0.25) is 0 Å². The number of hydrogen-bond acceptors (Lipinski definition) is 6. The molecule has 0 saturated heterocycles. The van der Waals surface area contributed by atoms with E-state index < -0.39 is 22.4 Å². The minimum Gasteiger partial charge on any atom is -0.546 e. The van der Waals surface area contributed by atoms with Crippen LogP contribution in [0, 0.1) is 6.92 Å². The van der Waals surface area contributed by atoms with E-state index in [-0.39, 0.29) is 11.5 Å². The van der Waals surface area contributed by atoms with Crippen LogP contribution in [-0.2, 0) is 27.5 Å². The van der Waals surface area contributed by atoms with Crippen molar-refractivity contribution in [2.24, 2.45) is 0 Å². The van der Waals surface area contributed by atoms with Gasteiger partial charge in [0, 0.05) is 10.9 Å². The van der Waals surface area contributed by atoms with Crippen molar-refractivity contribution in [1.82, 2.24) is 0 Å². The highest BCUT2D eigenvalue weighted by Crippen LogP contribution is 2.33. The summed E-state index contributed by atoms with van der Waals surface area (Å²) in [7, 11) is -3.23. The Hall–Kier alpha value is -2.80. The average Bonchev–Trinajstić information content (AvgIpc) is 3.00. The molecule has 0 aliphatic rings. The van der Waals surface area contributed by atoms with Gasteiger partial charge in [-0.15, -0.1) is 0 Å². The van der Waals surface area contributed by atoms with Crippen molar-refractivity contribution >= 4 is 26.8 Å². The fraction of sp³-hybridized carbons (Fsp3) is 0.286. The fourth-order valence-corrected chi connectivity index (χ4v) is 4.37. The van der Waals surface area contributed by atoms with Crippen molar-refractivity contribution in [3.8, 4) is 5.75 Å². The third kappa shape index (κ3) is 4.92. The van der Waals surface area contributed by atoms with Gasteiger partial charge in [-0.2, -0.15) is 0 Å². The first-order chi connectivity index (χ1) is 13.4. The molecule has 3 aromatic rings. The zero-order valence-electron chi connectivity index (χ0n) is 15.5. The van der Waals surface area contributed by atoms with Crippen molar-refractivity contribution in [3.05, 3.63) is 65.4 Å². The van der Waals surface area contributed by atoms with Gasteiger partial charge in [-0.05, 0) is 31.4 Å². The first kappa shape index (κ1) is 19.9. The highest BCUT2D eigenvalue weighted by atomic mass is 32.2. The van der Waals surface area contributed by atoms with Crippen LogP contribution in [0.3, 0.4) is 0 Å². The van der Waals surface area contributed by atoms with Crippen molar-refractivity contribution in [2.75, 3.05) is 18.1 Å². The second-order valence-electron chi connectivity index (χ2n) is 6.57. The summed E-state index contributed by atoms with van der Waals surface area (Å²) in [4.78, 5) is 10.6. The molecule has 0 aliphatic heterocycles. The van der Waals surface area contributed by atoms with Crippen LogP contribution < -0.4 is 9.84 Å². The molecular formula is C21H21O6S-. The number of carbonyl (C=O) groups is 1. The molecule has 0 aliphatic carbocycles. The predicted octanol–water partition coefficient (Wildman–Crippen LogP) is 2.07. The van der Waals surface area contributed by atoms with Crippen molar-refractivity contribution in [2.45, 2.75) is 19.8 Å². The van der Waals surface area contributed by atoms with E-state index in [1.807, 2.05) is 36.4 Å². The Morgan fingerprint density at radius 2 is 1.75 bits per heavy atom. The summed E-state index contributed by atoms with van der Waals surface area (Å²) < 4.78 is 35.9. The molecule has 0 bridgehead atoms. The van der Waals surface area contributed by atoms with Crippen LogP contribution in [0.15, 0.2) is 52.9 Å². The van der Waals surface area contributed by atoms with E-state index >= 15 is 0 Å². The van der Waals surface area contributed by atoms with Crippen LogP contribution in [0.25, 0.3) is 11.0 Å². The van der Waals surface area contributed by atoms with Gasteiger partial charge in [-0.3, -0.25) is 0 Å². The molecule has 1 aromatic heterocycles. The molecule has 0 saturated carbocycles. The molecule has 0 radical (unpaired) electrons. The number of rotatable bonds is 9. The number of carboxylic acid groups (broad SMARTS) is 1. The van der Waals surface area contributed by atoms with Crippen molar-refractivity contribution < 1.29 is 27.5 Å². The van der Waals surface area contributed by atoms with Gasteiger partial charge in [0.25, 0.3) is 0 Å². The van der Waals surface area contributed by atoms with Crippen LogP contribution in [0.1, 0.15) is 16.9 Å². The van der Waals surface area contributed by atoms with Gasteiger partial charge in [0.1, 0.15) is 12.4 Å². The molecule has 148 valence electrons. The van der Waals surface area contributed by atoms with Gasteiger partial charge in [-0.25, -0.2) is 8.42 Å². The zero-order chi connectivity index (χ0) is 20.1. The summed E-state index contributed by atoms with van der Waals surface area (Å²) >= 11 is 0. The number of para-hydroxylation sites is 1. The second-order valence-corrected chi connectivity index (χ2v) is 8.87. The topological polar surface area (TPSA) is 96.6 Å². The molecule has 0 fully saturated rings. The maximum atomic E-state index is 12.5. The number of furan rings is 1. The van der Waals surface area contributed by atoms with Crippen LogP contribution in [-0.4, -0.2) is 32.5 Å². The third-order valence-electron chi connectivity index (χ3n) is 4.54. The molecule has 7 heteroatoms. The van der Waals surface area contributed by atoms with Gasteiger partial charge in [0.05, 0.1) is 17.5 Å². The highest BCUT2D eigenvalue weighted by molar-refractivity contribution is 7.91. The number of sulfone groups is 1. The Morgan fingerprint density at radius 3 is 2.46 bits per heavy atom. The summed E-state index contributed by atoms with van der Waals surface area (Å²) in [5.74, 6) is -0.337. The maximum absolute atomic E-state index is 12.5. The number of fused-ring (bicyclic) bond motifs is 1. The Morgan fingerprint density at radius 1 is 1.04 bits per heavy atom. The van der Waals surface area contributed by atoms with Crippen LogP contribution in [0.5, 0.6) is 5.75 Å². The Labute approximate surface area is 163 Å². The minimum absolute atomic E-state index is 0.0133. The van der Waals surface area contributed by atoms with E-state index in [1.54, 1.807) is 19.1 Å². The molecule has 3 rings (SSSR count). The summed E-state index contributed by atoms with van der Waals surface area (Å²) in [6, 6.07) is 14.6. The minimum atomic E-state index is -3.23. The van der Waals surface area contributed by atoms with E-state index in [9.17, 15) is 18.3 Å². The molecule has 0 spiro atoms. The average molecular weight is 401 g/mol. The van der Waals surface area contributed by atoms with E-state index in [0.717, 1.165) is 16.5 Å². The van der Waals surface area contributed by atoms with Crippen molar-refractivity contribution in [3.63, 3.8) is 0 Å². The molecule has 28 heavy (non-hydrogen) atoms. The smallest absolute Gasteiger partial charge is 0.176 e. The van der Waals surface area contributed by atoms with E-state index in [1.165, 1.54) is 0 Å². The quantitative estimate of drug-likeness (QED) is 0.545. The Kier molecular flexibility index (Phi) is 6.04. The number of benzene rings is 2. The molecule has 6 nitrogen and oxygen atoms in total. The lowest BCUT2D eigenvalue weighted by Gasteiger charge is -2.07. The third-order valence-corrected chi connectivity index (χ3v) is 6.19.